The highest BCUT2D eigenvalue weighted by Crippen LogP contribution is 2.29. The van der Waals surface area contributed by atoms with Gasteiger partial charge in [0.1, 0.15) is 0 Å². The molecule has 0 amide bonds. The molecular formula is C14H21ClF2N2O. The molecule has 114 valence electrons. The summed E-state index contributed by atoms with van der Waals surface area (Å²) in [7, 11) is 0. The van der Waals surface area contributed by atoms with E-state index in [-0.39, 0.29) is 25.1 Å². The van der Waals surface area contributed by atoms with Gasteiger partial charge in [0.25, 0.3) is 0 Å². The van der Waals surface area contributed by atoms with E-state index in [1.807, 2.05) is 0 Å². The van der Waals surface area contributed by atoms with Gasteiger partial charge in [0.15, 0.2) is 11.6 Å². The topological polar surface area (TPSA) is 35.5 Å². The van der Waals surface area contributed by atoms with Crippen LogP contribution in [0.25, 0.3) is 0 Å². The molecule has 1 aliphatic rings. The molecular weight excluding hydrogens is 286 g/mol. The minimum Gasteiger partial charge on any atom is -0.396 e. The van der Waals surface area contributed by atoms with Crippen LogP contribution in [0.15, 0.2) is 18.2 Å². The summed E-state index contributed by atoms with van der Waals surface area (Å²) >= 11 is 0. The fraction of sp³-hybridized carbons (Fsp3) is 0.571. The van der Waals surface area contributed by atoms with Crippen LogP contribution in [0, 0.1) is 11.6 Å². The number of aliphatic hydroxyl groups excluding tert-OH is 1. The normalized spacial score (nSPS) is 17.6. The van der Waals surface area contributed by atoms with Crippen molar-refractivity contribution in [1.82, 2.24) is 10.2 Å². The Kier molecular flexibility index (Phi) is 7.37. The van der Waals surface area contributed by atoms with Crippen LogP contribution in [0.4, 0.5) is 8.78 Å². The number of nitrogens with zero attached hydrogens (tertiary/aromatic N) is 1. The van der Waals surface area contributed by atoms with Gasteiger partial charge in [-0.1, -0.05) is 12.1 Å². The highest BCUT2D eigenvalue weighted by Gasteiger charge is 2.25. The number of piperazine rings is 1. The number of hydrogen-bond acceptors (Lipinski definition) is 3. The van der Waals surface area contributed by atoms with Crippen molar-refractivity contribution in [3.63, 3.8) is 0 Å². The highest BCUT2D eigenvalue weighted by molar-refractivity contribution is 5.85. The van der Waals surface area contributed by atoms with Gasteiger partial charge in [0, 0.05) is 44.4 Å². The molecule has 1 heterocycles. The number of benzene rings is 1. The largest absolute Gasteiger partial charge is 0.396 e. The van der Waals surface area contributed by atoms with E-state index in [1.165, 1.54) is 0 Å². The van der Waals surface area contributed by atoms with Gasteiger partial charge in [-0.3, -0.25) is 4.90 Å². The van der Waals surface area contributed by atoms with Crippen LogP contribution in [0.2, 0.25) is 0 Å². The monoisotopic (exact) mass is 306 g/mol. The Balaban J connectivity index is 0.00000200. The number of rotatable bonds is 5. The average molecular weight is 307 g/mol. The van der Waals surface area contributed by atoms with Gasteiger partial charge < -0.3 is 10.4 Å². The molecule has 0 aromatic heterocycles. The Morgan fingerprint density at radius 3 is 2.60 bits per heavy atom. The molecule has 1 aliphatic heterocycles. The third-order valence-corrected chi connectivity index (χ3v) is 3.57. The summed E-state index contributed by atoms with van der Waals surface area (Å²) < 4.78 is 27.3. The predicted molar refractivity (Wildman–Crippen MR) is 77.1 cm³/mol. The van der Waals surface area contributed by atoms with Crippen LogP contribution in [0.1, 0.15) is 24.4 Å². The van der Waals surface area contributed by atoms with Gasteiger partial charge in [-0.25, -0.2) is 8.78 Å². The Hall–Kier alpha value is -0.750. The molecule has 2 N–H and O–H groups in total. The van der Waals surface area contributed by atoms with E-state index in [1.54, 1.807) is 12.1 Å². The zero-order chi connectivity index (χ0) is 13.7. The van der Waals surface area contributed by atoms with Crippen molar-refractivity contribution in [3.8, 4) is 0 Å². The first-order valence-corrected chi connectivity index (χ1v) is 6.73. The van der Waals surface area contributed by atoms with E-state index < -0.39 is 11.6 Å². The molecule has 1 aromatic rings. The SMILES string of the molecule is Cl.OCCC[C@@H](c1cccc(F)c1F)N1CCNCC1. The lowest BCUT2D eigenvalue weighted by molar-refractivity contribution is 0.151. The van der Waals surface area contributed by atoms with E-state index in [2.05, 4.69) is 10.2 Å². The molecule has 3 nitrogen and oxygen atoms in total. The summed E-state index contributed by atoms with van der Waals surface area (Å²) in [5.41, 5.74) is 0.398. The van der Waals surface area contributed by atoms with Gasteiger partial charge in [-0.15, -0.1) is 12.4 Å². The standard InChI is InChI=1S/C14H20F2N2O.ClH/c15-12-4-1-3-11(14(12)16)13(5-2-10-19)18-8-6-17-7-9-18;/h1,3-4,13,17,19H,2,5-10H2;1H/t13-;/m0./s1. The predicted octanol–water partition coefficient (Wildman–Crippen LogP) is 2.11. The van der Waals surface area contributed by atoms with Crippen molar-refractivity contribution in [3.05, 3.63) is 35.4 Å². The second-order valence-corrected chi connectivity index (χ2v) is 4.81. The van der Waals surface area contributed by atoms with E-state index in [4.69, 9.17) is 5.11 Å². The maximum atomic E-state index is 14.0. The molecule has 6 heteroatoms. The molecule has 2 rings (SSSR count). The minimum absolute atomic E-state index is 0. The molecule has 1 aromatic carbocycles. The molecule has 0 saturated carbocycles. The zero-order valence-corrected chi connectivity index (χ0v) is 12.1. The molecule has 1 fully saturated rings. The summed E-state index contributed by atoms with van der Waals surface area (Å²) in [6.45, 7) is 3.40. The fourth-order valence-corrected chi connectivity index (χ4v) is 2.59. The summed E-state index contributed by atoms with van der Waals surface area (Å²) in [6.07, 6.45) is 1.22. The lowest BCUT2D eigenvalue weighted by atomic mass is 9.99. The van der Waals surface area contributed by atoms with Crippen LogP contribution >= 0.6 is 12.4 Å². The van der Waals surface area contributed by atoms with Gasteiger partial charge in [-0.2, -0.15) is 0 Å². The summed E-state index contributed by atoms with van der Waals surface area (Å²) in [5.74, 6) is -1.56. The van der Waals surface area contributed by atoms with E-state index in [0.717, 1.165) is 32.2 Å². The molecule has 0 unspecified atom stereocenters. The summed E-state index contributed by atoms with van der Waals surface area (Å²) in [6, 6.07) is 4.16. The van der Waals surface area contributed by atoms with E-state index in [0.29, 0.717) is 18.4 Å². The second kappa shape index (κ2) is 8.52. The summed E-state index contributed by atoms with van der Waals surface area (Å²) in [5, 5.41) is 12.2. The first-order chi connectivity index (χ1) is 9.24. The second-order valence-electron chi connectivity index (χ2n) is 4.81. The quantitative estimate of drug-likeness (QED) is 0.874. The van der Waals surface area contributed by atoms with Crippen LogP contribution < -0.4 is 5.32 Å². The molecule has 1 saturated heterocycles. The third kappa shape index (κ3) is 4.12. The number of aliphatic hydroxyl groups is 1. The van der Waals surface area contributed by atoms with Gasteiger partial charge in [0.2, 0.25) is 0 Å². The van der Waals surface area contributed by atoms with Crippen molar-refractivity contribution in [2.24, 2.45) is 0 Å². The highest BCUT2D eigenvalue weighted by atomic mass is 35.5. The van der Waals surface area contributed by atoms with Crippen LogP contribution in [-0.4, -0.2) is 42.8 Å². The van der Waals surface area contributed by atoms with Crippen molar-refractivity contribution >= 4 is 12.4 Å². The van der Waals surface area contributed by atoms with Crippen LogP contribution in [-0.2, 0) is 0 Å². The number of halogens is 3. The van der Waals surface area contributed by atoms with Gasteiger partial charge in [0.05, 0.1) is 0 Å². The Bertz CT molecular complexity index is 414. The maximum Gasteiger partial charge on any atom is 0.163 e. The lowest BCUT2D eigenvalue weighted by Gasteiger charge is -2.35. The fourth-order valence-electron chi connectivity index (χ4n) is 2.59. The Morgan fingerprint density at radius 1 is 1.25 bits per heavy atom. The van der Waals surface area contributed by atoms with E-state index >= 15 is 0 Å². The van der Waals surface area contributed by atoms with Crippen molar-refractivity contribution in [1.29, 1.82) is 0 Å². The molecule has 0 bridgehead atoms. The molecule has 1 atom stereocenters. The Morgan fingerprint density at radius 2 is 1.95 bits per heavy atom. The lowest BCUT2D eigenvalue weighted by Crippen LogP contribution is -2.45. The minimum atomic E-state index is -0.804. The maximum absolute atomic E-state index is 14.0. The van der Waals surface area contributed by atoms with Gasteiger partial charge >= 0.3 is 0 Å². The van der Waals surface area contributed by atoms with Crippen LogP contribution in [0.3, 0.4) is 0 Å². The molecule has 0 aliphatic carbocycles. The van der Waals surface area contributed by atoms with E-state index in [9.17, 15) is 8.78 Å². The smallest absolute Gasteiger partial charge is 0.163 e. The first kappa shape index (κ1) is 17.3. The van der Waals surface area contributed by atoms with Crippen LogP contribution in [0.5, 0.6) is 0 Å². The number of hydrogen-bond donors (Lipinski definition) is 2. The number of nitrogens with one attached hydrogen (secondary N) is 1. The molecule has 0 spiro atoms. The average Bonchev–Trinajstić information content (AvgIpc) is 2.45. The first-order valence-electron chi connectivity index (χ1n) is 6.73. The van der Waals surface area contributed by atoms with Crippen molar-refractivity contribution < 1.29 is 13.9 Å². The third-order valence-electron chi connectivity index (χ3n) is 3.57. The molecule has 0 radical (unpaired) electrons. The van der Waals surface area contributed by atoms with Gasteiger partial charge in [-0.05, 0) is 18.9 Å². The molecule has 20 heavy (non-hydrogen) atoms. The van der Waals surface area contributed by atoms with Crippen molar-refractivity contribution in [2.45, 2.75) is 18.9 Å². The Labute approximate surface area is 124 Å². The zero-order valence-electron chi connectivity index (χ0n) is 11.3. The van der Waals surface area contributed by atoms with Crippen molar-refractivity contribution in [2.75, 3.05) is 32.8 Å². The summed E-state index contributed by atoms with van der Waals surface area (Å²) in [4.78, 5) is 2.16.